The monoisotopic (exact) mass is 291 g/mol. The van der Waals surface area contributed by atoms with Crippen LogP contribution in [0.5, 0.6) is 5.88 Å². The van der Waals surface area contributed by atoms with Crippen molar-refractivity contribution < 1.29 is 14.2 Å². The summed E-state index contributed by atoms with van der Waals surface area (Å²) in [6.07, 6.45) is 1.29. The third-order valence-electron chi connectivity index (χ3n) is 3.43. The lowest BCUT2D eigenvalue weighted by atomic mass is 10.2. The van der Waals surface area contributed by atoms with Crippen molar-refractivity contribution in [3.05, 3.63) is 28.7 Å². The van der Waals surface area contributed by atoms with Gasteiger partial charge in [-0.2, -0.15) is 4.98 Å². The number of aromatic nitrogens is 3. The van der Waals surface area contributed by atoms with Crippen molar-refractivity contribution in [2.75, 3.05) is 20.3 Å². The van der Waals surface area contributed by atoms with Crippen molar-refractivity contribution in [1.82, 2.24) is 14.5 Å². The number of hydrogen-bond acceptors (Lipinski definition) is 6. The zero-order valence-electron chi connectivity index (χ0n) is 12.2. The van der Waals surface area contributed by atoms with E-state index in [1.807, 2.05) is 13.8 Å². The fraction of sp³-hybridized carbons (Fsp3) is 0.500. The summed E-state index contributed by atoms with van der Waals surface area (Å²) in [4.78, 5) is 20.6. The number of nitrogens with zero attached hydrogens (tertiary/aromatic N) is 3. The quantitative estimate of drug-likeness (QED) is 0.825. The van der Waals surface area contributed by atoms with Gasteiger partial charge in [-0.3, -0.25) is 9.36 Å². The van der Waals surface area contributed by atoms with Crippen molar-refractivity contribution in [3.63, 3.8) is 0 Å². The minimum atomic E-state index is -0.631. The number of hydrogen-bond donors (Lipinski definition) is 0. The van der Waals surface area contributed by atoms with Crippen molar-refractivity contribution in [2.45, 2.75) is 25.7 Å². The zero-order chi connectivity index (χ0) is 15.0. The molecule has 0 N–H and O–H groups in total. The molecule has 21 heavy (non-hydrogen) atoms. The Morgan fingerprint density at radius 3 is 2.71 bits per heavy atom. The van der Waals surface area contributed by atoms with Crippen LogP contribution in [0.3, 0.4) is 0 Å². The molecule has 112 valence electrons. The van der Waals surface area contributed by atoms with Crippen LogP contribution in [0.4, 0.5) is 0 Å². The second-order valence-electron chi connectivity index (χ2n) is 5.34. The van der Waals surface area contributed by atoms with Gasteiger partial charge < -0.3 is 14.2 Å². The summed E-state index contributed by atoms with van der Waals surface area (Å²) < 4.78 is 17.9. The van der Waals surface area contributed by atoms with Crippen molar-refractivity contribution in [3.8, 4) is 5.88 Å². The predicted molar refractivity (Wildman–Crippen MR) is 75.4 cm³/mol. The summed E-state index contributed by atoms with van der Waals surface area (Å²) in [5, 5.41) is 0. The van der Waals surface area contributed by atoms with E-state index < -0.39 is 5.79 Å². The van der Waals surface area contributed by atoms with E-state index in [1.165, 1.54) is 13.3 Å². The molecule has 2 aromatic heterocycles. The molecule has 0 atom stereocenters. The molecule has 3 rings (SSSR count). The molecule has 0 amide bonds. The van der Waals surface area contributed by atoms with Gasteiger partial charge in [-0.1, -0.05) is 0 Å². The minimum Gasteiger partial charge on any atom is -0.481 e. The SMILES string of the molecule is COc1ccc2ncc(=O)n(C3COC(C)(C)OC3)c2n1. The summed E-state index contributed by atoms with van der Waals surface area (Å²) in [6.45, 7) is 4.45. The molecule has 7 nitrogen and oxygen atoms in total. The molecule has 0 radical (unpaired) electrons. The highest BCUT2D eigenvalue weighted by Gasteiger charge is 2.30. The van der Waals surface area contributed by atoms with E-state index in [0.717, 1.165) is 0 Å². The number of methoxy groups -OCH3 is 1. The van der Waals surface area contributed by atoms with Gasteiger partial charge in [0.25, 0.3) is 5.56 Å². The van der Waals surface area contributed by atoms with Crippen LogP contribution in [0, 0.1) is 0 Å². The highest BCUT2D eigenvalue weighted by molar-refractivity contribution is 5.70. The lowest BCUT2D eigenvalue weighted by Gasteiger charge is -2.35. The maximum Gasteiger partial charge on any atom is 0.271 e. The van der Waals surface area contributed by atoms with Crippen LogP contribution in [0.2, 0.25) is 0 Å². The van der Waals surface area contributed by atoms with Crippen LogP contribution < -0.4 is 10.3 Å². The summed E-state index contributed by atoms with van der Waals surface area (Å²) in [5.74, 6) is -0.199. The first kappa shape index (κ1) is 14.0. The van der Waals surface area contributed by atoms with Crippen LogP contribution in [-0.2, 0) is 9.47 Å². The molecule has 3 heterocycles. The van der Waals surface area contributed by atoms with E-state index in [1.54, 1.807) is 16.7 Å². The fourth-order valence-corrected chi connectivity index (χ4v) is 2.29. The molecule has 0 aromatic carbocycles. The first-order chi connectivity index (χ1) is 10.00. The Morgan fingerprint density at radius 1 is 1.33 bits per heavy atom. The van der Waals surface area contributed by atoms with Gasteiger partial charge in [0.2, 0.25) is 5.88 Å². The molecular formula is C14H17N3O4. The molecule has 1 aliphatic rings. The normalized spacial score (nSPS) is 18.8. The van der Waals surface area contributed by atoms with Gasteiger partial charge in [0.05, 0.1) is 32.6 Å². The van der Waals surface area contributed by atoms with Gasteiger partial charge in [-0.05, 0) is 19.9 Å². The Bertz CT molecular complexity index is 716. The number of pyridine rings is 1. The van der Waals surface area contributed by atoms with E-state index in [9.17, 15) is 4.79 Å². The molecule has 1 saturated heterocycles. The Morgan fingerprint density at radius 2 is 2.05 bits per heavy atom. The lowest BCUT2D eigenvalue weighted by Crippen LogP contribution is -2.43. The highest BCUT2D eigenvalue weighted by atomic mass is 16.7. The highest BCUT2D eigenvalue weighted by Crippen LogP contribution is 2.24. The van der Waals surface area contributed by atoms with E-state index in [0.29, 0.717) is 30.3 Å². The second-order valence-corrected chi connectivity index (χ2v) is 5.34. The smallest absolute Gasteiger partial charge is 0.271 e. The number of ether oxygens (including phenoxy) is 3. The van der Waals surface area contributed by atoms with Gasteiger partial charge in [-0.15, -0.1) is 0 Å². The van der Waals surface area contributed by atoms with Gasteiger partial charge in [0.15, 0.2) is 11.4 Å². The van der Waals surface area contributed by atoms with Crippen LogP contribution >= 0.6 is 0 Å². The summed E-state index contributed by atoms with van der Waals surface area (Å²) in [6, 6.07) is 3.24. The zero-order valence-corrected chi connectivity index (χ0v) is 12.2. The Hall–Kier alpha value is -1.99. The topological polar surface area (TPSA) is 75.5 Å². The standard InChI is InChI=1S/C14H17N3O4/c1-14(2)20-7-9(8-21-14)17-12(18)6-15-10-4-5-11(19-3)16-13(10)17/h4-6,9H,7-8H2,1-3H3. The molecule has 0 unspecified atom stereocenters. The van der Waals surface area contributed by atoms with Crippen molar-refractivity contribution in [1.29, 1.82) is 0 Å². The molecular weight excluding hydrogens is 274 g/mol. The molecule has 0 spiro atoms. The lowest BCUT2D eigenvalue weighted by molar-refractivity contribution is -0.258. The molecule has 1 aliphatic heterocycles. The van der Waals surface area contributed by atoms with Crippen LogP contribution in [-0.4, -0.2) is 40.6 Å². The Balaban J connectivity index is 2.08. The average molecular weight is 291 g/mol. The minimum absolute atomic E-state index is 0.236. The summed E-state index contributed by atoms with van der Waals surface area (Å²) in [5.41, 5.74) is 0.860. The maximum absolute atomic E-state index is 12.2. The summed E-state index contributed by atoms with van der Waals surface area (Å²) in [7, 11) is 1.53. The van der Waals surface area contributed by atoms with E-state index in [2.05, 4.69) is 9.97 Å². The predicted octanol–water partition coefficient (Wildman–Crippen LogP) is 1.12. The molecule has 1 fully saturated rings. The fourth-order valence-electron chi connectivity index (χ4n) is 2.29. The Labute approximate surface area is 121 Å². The average Bonchev–Trinajstić information content (AvgIpc) is 2.47. The first-order valence-electron chi connectivity index (χ1n) is 6.70. The largest absolute Gasteiger partial charge is 0.481 e. The molecule has 0 saturated carbocycles. The molecule has 0 aliphatic carbocycles. The third kappa shape index (κ3) is 2.62. The number of rotatable bonds is 2. The van der Waals surface area contributed by atoms with E-state index in [4.69, 9.17) is 14.2 Å². The van der Waals surface area contributed by atoms with E-state index >= 15 is 0 Å². The molecule has 2 aromatic rings. The molecule has 7 heteroatoms. The maximum atomic E-state index is 12.2. The van der Waals surface area contributed by atoms with Crippen LogP contribution in [0.25, 0.3) is 11.2 Å². The van der Waals surface area contributed by atoms with Crippen molar-refractivity contribution in [2.24, 2.45) is 0 Å². The van der Waals surface area contributed by atoms with Crippen molar-refractivity contribution >= 4 is 11.2 Å². The Kier molecular flexibility index (Phi) is 3.38. The molecule has 0 bridgehead atoms. The van der Waals surface area contributed by atoms with Gasteiger partial charge in [0.1, 0.15) is 5.52 Å². The van der Waals surface area contributed by atoms with Gasteiger partial charge >= 0.3 is 0 Å². The van der Waals surface area contributed by atoms with Crippen LogP contribution in [0.15, 0.2) is 23.1 Å². The first-order valence-corrected chi connectivity index (χ1v) is 6.70. The summed E-state index contributed by atoms with van der Waals surface area (Å²) >= 11 is 0. The van der Waals surface area contributed by atoms with Gasteiger partial charge in [0, 0.05) is 6.07 Å². The van der Waals surface area contributed by atoms with Gasteiger partial charge in [-0.25, -0.2) is 4.98 Å². The van der Waals surface area contributed by atoms with Crippen LogP contribution in [0.1, 0.15) is 19.9 Å². The van der Waals surface area contributed by atoms with E-state index in [-0.39, 0.29) is 11.6 Å². The number of fused-ring (bicyclic) bond motifs is 1. The third-order valence-corrected chi connectivity index (χ3v) is 3.43. The second kappa shape index (κ2) is 5.09.